The lowest BCUT2D eigenvalue weighted by Gasteiger charge is -2.15. The molecule has 2 N–H and O–H groups in total. The molecule has 7 nitrogen and oxygen atoms in total. The Labute approximate surface area is 109 Å². The van der Waals surface area contributed by atoms with Crippen LogP contribution in [0.25, 0.3) is 0 Å². The molecule has 1 aromatic rings. The number of nitrogens with zero attached hydrogens (tertiary/aromatic N) is 2. The molecule has 1 amide bonds. The summed E-state index contributed by atoms with van der Waals surface area (Å²) in [5.74, 6) is -0.343. The van der Waals surface area contributed by atoms with Crippen LogP contribution in [-0.2, 0) is 11.2 Å². The maximum atomic E-state index is 12.0. The molecule has 1 aliphatic rings. The molecule has 0 aromatic heterocycles. The molecule has 19 heavy (non-hydrogen) atoms. The number of β-amino-alcohol motifs (C(OH)–C–C–N with tert-alkyl or cyclic N) is 2. The summed E-state index contributed by atoms with van der Waals surface area (Å²) in [6.07, 6.45) is -2.01. The monoisotopic (exact) mass is 266 g/mol. The van der Waals surface area contributed by atoms with Crippen molar-refractivity contribution in [3.05, 3.63) is 39.9 Å². The van der Waals surface area contributed by atoms with Crippen LogP contribution in [0.2, 0.25) is 0 Å². The van der Waals surface area contributed by atoms with E-state index in [4.69, 9.17) is 0 Å². The molecule has 1 fully saturated rings. The molecule has 0 saturated carbocycles. The van der Waals surface area contributed by atoms with E-state index in [0.717, 1.165) is 0 Å². The highest BCUT2D eigenvalue weighted by Gasteiger charge is 2.32. The van der Waals surface area contributed by atoms with Gasteiger partial charge >= 0.3 is 0 Å². The average Bonchev–Trinajstić information content (AvgIpc) is 2.70. The molecule has 2 atom stereocenters. The minimum Gasteiger partial charge on any atom is -0.388 e. The average molecular weight is 266 g/mol. The van der Waals surface area contributed by atoms with E-state index in [-0.39, 0.29) is 31.1 Å². The van der Waals surface area contributed by atoms with Crippen molar-refractivity contribution in [2.24, 2.45) is 0 Å². The number of para-hydroxylation sites is 1. The third-order valence-electron chi connectivity index (χ3n) is 3.14. The molecule has 0 radical (unpaired) electrons. The number of aliphatic hydroxyl groups excluding tert-OH is 2. The Balaban J connectivity index is 2.10. The van der Waals surface area contributed by atoms with Crippen molar-refractivity contribution in [1.82, 2.24) is 4.90 Å². The third kappa shape index (κ3) is 2.88. The summed E-state index contributed by atoms with van der Waals surface area (Å²) < 4.78 is 0. The molecule has 1 heterocycles. The zero-order valence-corrected chi connectivity index (χ0v) is 10.1. The lowest BCUT2D eigenvalue weighted by atomic mass is 10.1. The van der Waals surface area contributed by atoms with E-state index < -0.39 is 17.1 Å². The first kappa shape index (κ1) is 13.4. The lowest BCUT2D eigenvalue weighted by molar-refractivity contribution is -0.385. The van der Waals surface area contributed by atoms with Crippen LogP contribution in [0.3, 0.4) is 0 Å². The first-order chi connectivity index (χ1) is 8.99. The summed E-state index contributed by atoms with van der Waals surface area (Å²) in [7, 11) is 0. The number of hydrogen-bond donors (Lipinski definition) is 2. The van der Waals surface area contributed by atoms with Gasteiger partial charge in [-0.05, 0) is 0 Å². The van der Waals surface area contributed by atoms with E-state index in [2.05, 4.69) is 0 Å². The molecule has 1 aromatic carbocycles. The van der Waals surface area contributed by atoms with E-state index in [1.807, 2.05) is 0 Å². The standard InChI is InChI=1S/C12H14N2O5/c15-10-6-13(7-11(10)16)12(17)5-8-3-1-2-4-9(8)14(18)19/h1-4,10-11,15-16H,5-7H2. The van der Waals surface area contributed by atoms with Crippen LogP contribution in [0.1, 0.15) is 5.56 Å². The van der Waals surface area contributed by atoms with Gasteiger partial charge in [0.05, 0.1) is 23.6 Å². The number of carbonyl (C=O) groups is 1. The van der Waals surface area contributed by atoms with Crippen molar-refractivity contribution in [1.29, 1.82) is 0 Å². The van der Waals surface area contributed by atoms with Crippen molar-refractivity contribution >= 4 is 11.6 Å². The van der Waals surface area contributed by atoms with Crippen molar-refractivity contribution in [2.75, 3.05) is 13.1 Å². The molecule has 102 valence electrons. The summed E-state index contributed by atoms with van der Waals surface area (Å²) in [6.45, 7) is 0.112. The maximum absolute atomic E-state index is 12.0. The second kappa shape index (κ2) is 5.33. The second-order valence-electron chi connectivity index (χ2n) is 4.50. The number of carbonyl (C=O) groups excluding carboxylic acids is 1. The topological polar surface area (TPSA) is 104 Å². The second-order valence-corrected chi connectivity index (χ2v) is 4.50. The van der Waals surface area contributed by atoms with Crippen LogP contribution in [-0.4, -0.2) is 51.2 Å². The first-order valence-electron chi connectivity index (χ1n) is 5.85. The van der Waals surface area contributed by atoms with E-state index in [0.29, 0.717) is 5.56 Å². The zero-order chi connectivity index (χ0) is 14.0. The Morgan fingerprint density at radius 1 is 1.32 bits per heavy atom. The Morgan fingerprint density at radius 3 is 2.47 bits per heavy atom. The van der Waals surface area contributed by atoms with Crippen LogP contribution in [0.4, 0.5) is 5.69 Å². The Kier molecular flexibility index (Phi) is 3.77. The summed E-state index contributed by atoms with van der Waals surface area (Å²) >= 11 is 0. The van der Waals surface area contributed by atoms with Gasteiger partial charge in [0, 0.05) is 24.7 Å². The summed E-state index contributed by atoms with van der Waals surface area (Å²) in [6, 6.07) is 6.04. The van der Waals surface area contributed by atoms with Gasteiger partial charge in [-0.3, -0.25) is 14.9 Å². The van der Waals surface area contributed by atoms with Crippen LogP contribution in [0.15, 0.2) is 24.3 Å². The van der Waals surface area contributed by atoms with Gasteiger partial charge < -0.3 is 15.1 Å². The summed E-state index contributed by atoms with van der Waals surface area (Å²) in [4.78, 5) is 23.6. The third-order valence-corrected chi connectivity index (χ3v) is 3.14. The highest BCUT2D eigenvalue weighted by Crippen LogP contribution is 2.20. The number of benzene rings is 1. The Morgan fingerprint density at radius 2 is 1.89 bits per heavy atom. The molecular weight excluding hydrogens is 252 g/mol. The normalized spacial score (nSPS) is 22.5. The molecular formula is C12H14N2O5. The van der Waals surface area contributed by atoms with Gasteiger partial charge in [0.2, 0.25) is 5.91 Å². The fourth-order valence-corrected chi connectivity index (χ4v) is 2.09. The van der Waals surface area contributed by atoms with Gasteiger partial charge in [-0.25, -0.2) is 0 Å². The summed E-state index contributed by atoms with van der Waals surface area (Å²) in [5.41, 5.74) is 0.226. The SMILES string of the molecule is O=C(Cc1ccccc1[N+](=O)[O-])N1CC(O)C(O)C1. The predicted molar refractivity (Wildman–Crippen MR) is 65.4 cm³/mol. The van der Waals surface area contributed by atoms with E-state index in [9.17, 15) is 25.1 Å². The molecule has 2 rings (SSSR count). The van der Waals surface area contributed by atoms with Gasteiger partial charge in [-0.2, -0.15) is 0 Å². The number of nitro benzene ring substituents is 1. The number of rotatable bonds is 3. The number of likely N-dealkylation sites (tertiary alicyclic amines) is 1. The van der Waals surface area contributed by atoms with Gasteiger partial charge in [-0.15, -0.1) is 0 Å². The fourth-order valence-electron chi connectivity index (χ4n) is 2.09. The van der Waals surface area contributed by atoms with Gasteiger partial charge in [0.1, 0.15) is 0 Å². The van der Waals surface area contributed by atoms with Crippen molar-refractivity contribution < 1.29 is 19.9 Å². The molecule has 0 bridgehead atoms. The Hall–Kier alpha value is -1.99. The highest BCUT2D eigenvalue weighted by molar-refractivity contribution is 5.80. The molecule has 2 unspecified atom stereocenters. The molecule has 0 aliphatic carbocycles. The van der Waals surface area contributed by atoms with Crippen LogP contribution >= 0.6 is 0 Å². The van der Waals surface area contributed by atoms with Gasteiger partial charge in [0.15, 0.2) is 0 Å². The Bertz CT molecular complexity index is 495. The van der Waals surface area contributed by atoms with Crippen LogP contribution in [0.5, 0.6) is 0 Å². The fraction of sp³-hybridized carbons (Fsp3) is 0.417. The van der Waals surface area contributed by atoms with Crippen molar-refractivity contribution in [3.8, 4) is 0 Å². The van der Waals surface area contributed by atoms with Gasteiger partial charge in [-0.1, -0.05) is 18.2 Å². The van der Waals surface area contributed by atoms with E-state index in [1.165, 1.54) is 23.1 Å². The lowest BCUT2D eigenvalue weighted by Crippen LogP contribution is -2.31. The zero-order valence-electron chi connectivity index (χ0n) is 10.1. The molecule has 1 saturated heterocycles. The largest absolute Gasteiger partial charge is 0.388 e. The van der Waals surface area contributed by atoms with E-state index >= 15 is 0 Å². The number of nitro groups is 1. The highest BCUT2D eigenvalue weighted by atomic mass is 16.6. The number of hydrogen-bond acceptors (Lipinski definition) is 5. The van der Waals surface area contributed by atoms with E-state index in [1.54, 1.807) is 6.07 Å². The minimum atomic E-state index is -0.949. The van der Waals surface area contributed by atoms with Crippen molar-refractivity contribution in [3.63, 3.8) is 0 Å². The first-order valence-corrected chi connectivity index (χ1v) is 5.85. The quantitative estimate of drug-likeness (QED) is 0.577. The maximum Gasteiger partial charge on any atom is 0.273 e. The predicted octanol–water partition coefficient (Wildman–Crippen LogP) is -0.299. The van der Waals surface area contributed by atoms with Gasteiger partial charge in [0.25, 0.3) is 5.69 Å². The minimum absolute atomic E-state index is 0.0562. The number of aliphatic hydroxyl groups is 2. The smallest absolute Gasteiger partial charge is 0.273 e. The summed E-state index contributed by atoms with van der Waals surface area (Å²) in [5, 5.41) is 29.6. The molecule has 0 spiro atoms. The number of amides is 1. The van der Waals surface area contributed by atoms with Crippen molar-refractivity contribution in [2.45, 2.75) is 18.6 Å². The molecule has 1 aliphatic heterocycles. The molecule has 7 heteroatoms. The van der Waals surface area contributed by atoms with Crippen LogP contribution in [0, 0.1) is 10.1 Å². The van der Waals surface area contributed by atoms with Crippen LogP contribution < -0.4 is 0 Å².